The number of thioether (sulfide) groups is 1. The third-order valence-electron chi connectivity index (χ3n) is 1.94. The fraction of sp³-hybridized carbons (Fsp3) is 1.00. The second-order valence-electron chi connectivity index (χ2n) is 2.62. The molecule has 0 saturated carbocycles. The molecule has 2 aliphatic rings. The maximum atomic E-state index is 3.43. The van der Waals surface area contributed by atoms with E-state index in [1.807, 2.05) is 0 Å². The van der Waals surface area contributed by atoms with E-state index in [0.717, 1.165) is 10.5 Å². The molecular weight excluding hydrogens is 154 g/mol. The summed E-state index contributed by atoms with van der Waals surface area (Å²) in [5.74, 6) is 0. The van der Waals surface area contributed by atoms with Crippen molar-refractivity contribution in [1.29, 1.82) is 0 Å². The summed E-state index contributed by atoms with van der Waals surface area (Å²) in [6, 6.07) is 0. The summed E-state index contributed by atoms with van der Waals surface area (Å²) in [4.78, 5) is 0. The fourth-order valence-corrected chi connectivity index (χ4v) is 3.00. The molecule has 0 radical (unpaired) electrons. The van der Waals surface area contributed by atoms with Gasteiger partial charge in [-0.3, -0.25) is 0 Å². The van der Waals surface area contributed by atoms with Gasteiger partial charge in [0.2, 0.25) is 0 Å². The van der Waals surface area contributed by atoms with Gasteiger partial charge in [-0.1, -0.05) is 0 Å². The lowest BCUT2D eigenvalue weighted by Gasteiger charge is -2.18. The van der Waals surface area contributed by atoms with Gasteiger partial charge in [0.25, 0.3) is 0 Å². The SMILES string of the molecule is C1C[C@H]2CNCC1S2.Cl. The Balaban J connectivity index is 0.000000405. The topological polar surface area (TPSA) is 12.0 Å². The molecule has 9 heavy (non-hydrogen) atoms. The van der Waals surface area contributed by atoms with Crippen LogP contribution in [-0.2, 0) is 0 Å². The van der Waals surface area contributed by atoms with E-state index in [9.17, 15) is 0 Å². The summed E-state index contributed by atoms with van der Waals surface area (Å²) in [5, 5.41) is 5.36. The Labute approximate surface area is 66.4 Å². The van der Waals surface area contributed by atoms with Crippen molar-refractivity contribution in [3.05, 3.63) is 0 Å². The van der Waals surface area contributed by atoms with Crippen LogP contribution in [0.15, 0.2) is 0 Å². The van der Waals surface area contributed by atoms with Crippen LogP contribution < -0.4 is 5.32 Å². The van der Waals surface area contributed by atoms with Gasteiger partial charge >= 0.3 is 0 Å². The van der Waals surface area contributed by atoms with Gasteiger partial charge in [0.1, 0.15) is 0 Å². The second-order valence-corrected chi connectivity index (χ2v) is 4.22. The maximum absolute atomic E-state index is 3.43. The summed E-state index contributed by atoms with van der Waals surface area (Å²) < 4.78 is 0. The molecule has 1 N–H and O–H groups in total. The highest BCUT2D eigenvalue weighted by Gasteiger charge is 2.28. The maximum Gasteiger partial charge on any atom is 0.0176 e. The zero-order valence-corrected chi connectivity index (χ0v) is 6.93. The number of rotatable bonds is 0. The summed E-state index contributed by atoms with van der Waals surface area (Å²) >= 11 is 2.19. The lowest BCUT2D eigenvalue weighted by atomic mass is 10.2. The van der Waals surface area contributed by atoms with E-state index in [0.29, 0.717) is 0 Å². The van der Waals surface area contributed by atoms with Gasteiger partial charge in [0.15, 0.2) is 0 Å². The van der Waals surface area contributed by atoms with Crippen LogP contribution in [0, 0.1) is 0 Å². The molecule has 0 aromatic rings. The molecule has 2 saturated heterocycles. The van der Waals surface area contributed by atoms with E-state index in [2.05, 4.69) is 17.1 Å². The Morgan fingerprint density at radius 1 is 1.11 bits per heavy atom. The zero-order valence-electron chi connectivity index (χ0n) is 5.30. The molecule has 1 unspecified atom stereocenters. The Hall–Kier alpha value is 0.600. The van der Waals surface area contributed by atoms with Gasteiger partial charge < -0.3 is 5.32 Å². The molecule has 1 nitrogen and oxygen atoms in total. The van der Waals surface area contributed by atoms with Crippen LogP contribution in [0.5, 0.6) is 0 Å². The molecule has 3 heteroatoms. The second kappa shape index (κ2) is 3.13. The van der Waals surface area contributed by atoms with Crippen molar-refractivity contribution in [2.24, 2.45) is 0 Å². The van der Waals surface area contributed by atoms with Gasteiger partial charge in [-0.05, 0) is 12.8 Å². The van der Waals surface area contributed by atoms with Crippen LogP contribution in [0.2, 0.25) is 0 Å². The normalized spacial score (nSPS) is 40.0. The van der Waals surface area contributed by atoms with E-state index in [-0.39, 0.29) is 12.4 Å². The molecule has 2 aliphatic heterocycles. The van der Waals surface area contributed by atoms with Crippen LogP contribution in [0.25, 0.3) is 0 Å². The number of hydrogen-bond donors (Lipinski definition) is 1. The first kappa shape index (κ1) is 7.70. The van der Waals surface area contributed by atoms with Gasteiger partial charge in [0, 0.05) is 23.6 Å². The van der Waals surface area contributed by atoms with E-state index in [1.54, 1.807) is 0 Å². The Morgan fingerprint density at radius 3 is 2.11 bits per heavy atom. The summed E-state index contributed by atoms with van der Waals surface area (Å²) in [7, 11) is 0. The quantitative estimate of drug-likeness (QED) is 0.581. The van der Waals surface area contributed by atoms with Crippen molar-refractivity contribution in [3.8, 4) is 0 Å². The Bertz CT molecular complexity index is 85.1. The lowest BCUT2D eigenvalue weighted by molar-refractivity contribution is 0.690. The molecule has 2 heterocycles. The van der Waals surface area contributed by atoms with Gasteiger partial charge in [-0.2, -0.15) is 11.8 Å². The molecule has 54 valence electrons. The average Bonchev–Trinajstić information content (AvgIpc) is 2.12. The minimum Gasteiger partial charge on any atom is -0.315 e. The van der Waals surface area contributed by atoms with Crippen LogP contribution in [0.1, 0.15) is 12.8 Å². The first-order valence-electron chi connectivity index (χ1n) is 3.31. The monoisotopic (exact) mass is 165 g/mol. The van der Waals surface area contributed by atoms with Gasteiger partial charge in [-0.25, -0.2) is 0 Å². The smallest absolute Gasteiger partial charge is 0.0176 e. The minimum absolute atomic E-state index is 0. The molecule has 2 atom stereocenters. The predicted molar refractivity (Wildman–Crippen MR) is 44.5 cm³/mol. The minimum atomic E-state index is 0. The molecule has 0 aromatic heterocycles. The summed E-state index contributed by atoms with van der Waals surface area (Å²) in [5.41, 5.74) is 0. The summed E-state index contributed by atoms with van der Waals surface area (Å²) in [6.45, 7) is 2.53. The molecule has 0 aliphatic carbocycles. The van der Waals surface area contributed by atoms with Crippen molar-refractivity contribution in [2.45, 2.75) is 23.3 Å². The van der Waals surface area contributed by atoms with E-state index >= 15 is 0 Å². The highest BCUT2D eigenvalue weighted by Crippen LogP contribution is 2.35. The van der Waals surface area contributed by atoms with E-state index < -0.39 is 0 Å². The number of halogens is 1. The molecule has 0 spiro atoms. The first-order chi connectivity index (χ1) is 3.95. The van der Waals surface area contributed by atoms with E-state index in [4.69, 9.17) is 0 Å². The number of hydrogen-bond acceptors (Lipinski definition) is 2. The highest BCUT2D eigenvalue weighted by atomic mass is 35.5. The van der Waals surface area contributed by atoms with Crippen LogP contribution in [0.4, 0.5) is 0 Å². The fourth-order valence-electron chi connectivity index (χ4n) is 1.49. The van der Waals surface area contributed by atoms with Crippen LogP contribution >= 0.6 is 24.2 Å². The standard InChI is InChI=1S/C6H11NS.ClH/c1-2-6-4-7-3-5(1)8-6;/h5-7H,1-4H2;1H/t5-,6?;/m0./s1. The Kier molecular flexibility index (Phi) is 2.68. The third-order valence-corrected chi connectivity index (χ3v) is 3.51. The summed E-state index contributed by atoms with van der Waals surface area (Å²) in [6.07, 6.45) is 2.92. The van der Waals surface area contributed by atoms with Crippen molar-refractivity contribution >= 4 is 24.2 Å². The first-order valence-corrected chi connectivity index (χ1v) is 4.25. The van der Waals surface area contributed by atoms with Crippen LogP contribution in [0.3, 0.4) is 0 Å². The largest absolute Gasteiger partial charge is 0.315 e. The van der Waals surface area contributed by atoms with Crippen molar-refractivity contribution < 1.29 is 0 Å². The molecule has 2 fully saturated rings. The third kappa shape index (κ3) is 1.54. The molecule has 0 amide bonds. The highest BCUT2D eigenvalue weighted by molar-refractivity contribution is 8.00. The van der Waals surface area contributed by atoms with Crippen molar-refractivity contribution in [3.63, 3.8) is 0 Å². The van der Waals surface area contributed by atoms with Crippen LogP contribution in [-0.4, -0.2) is 23.6 Å². The van der Waals surface area contributed by atoms with Gasteiger partial charge in [-0.15, -0.1) is 12.4 Å². The number of fused-ring (bicyclic) bond motifs is 2. The molecule has 2 bridgehead atoms. The molecule has 0 aromatic carbocycles. The average molecular weight is 166 g/mol. The van der Waals surface area contributed by atoms with Crippen molar-refractivity contribution in [1.82, 2.24) is 5.32 Å². The zero-order chi connectivity index (χ0) is 5.40. The van der Waals surface area contributed by atoms with E-state index in [1.165, 1.54) is 25.9 Å². The Morgan fingerprint density at radius 2 is 1.67 bits per heavy atom. The van der Waals surface area contributed by atoms with Crippen molar-refractivity contribution in [2.75, 3.05) is 13.1 Å². The molecule has 2 rings (SSSR count). The van der Waals surface area contributed by atoms with Gasteiger partial charge in [0.05, 0.1) is 0 Å². The molecular formula is C6H12ClNS. The lowest BCUT2D eigenvalue weighted by Crippen LogP contribution is -2.32. The predicted octanol–water partition coefficient (Wildman–Crippen LogP) is 1.28. The number of nitrogens with one attached hydrogen (secondary N) is 1.